The van der Waals surface area contributed by atoms with E-state index >= 15 is 0 Å². The molecule has 0 amide bonds. The summed E-state index contributed by atoms with van der Waals surface area (Å²) in [7, 11) is 0. The van der Waals surface area contributed by atoms with Gasteiger partial charge in [-0.3, -0.25) is 14.5 Å². The average Bonchev–Trinajstić information content (AvgIpc) is 3.19. The molecule has 0 aromatic heterocycles. The Balaban J connectivity index is 2.15. The fourth-order valence-electron chi connectivity index (χ4n) is 8.70. The van der Waals surface area contributed by atoms with Crippen molar-refractivity contribution in [1.29, 1.82) is 0 Å². The first-order chi connectivity index (χ1) is 27.5. The van der Waals surface area contributed by atoms with Crippen molar-refractivity contribution in [2.75, 3.05) is 46.1 Å². The van der Waals surface area contributed by atoms with Gasteiger partial charge >= 0.3 is 11.9 Å². The molecule has 1 fully saturated rings. The zero-order valence-corrected chi connectivity index (χ0v) is 38.2. The summed E-state index contributed by atoms with van der Waals surface area (Å²) < 4.78 is 17.0. The van der Waals surface area contributed by atoms with Crippen molar-refractivity contribution in [3.05, 3.63) is 0 Å². The third-order valence-corrected chi connectivity index (χ3v) is 12.4. The van der Waals surface area contributed by atoms with Gasteiger partial charge in [-0.2, -0.15) is 0 Å². The Kier molecular flexibility index (Phi) is 38.4. The molecule has 6 nitrogen and oxygen atoms in total. The summed E-state index contributed by atoms with van der Waals surface area (Å²) in [5.41, 5.74) is 0. The van der Waals surface area contributed by atoms with E-state index in [4.69, 9.17) is 14.2 Å². The van der Waals surface area contributed by atoms with Crippen LogP contribution in [-0.2, 0) is 23.8 Å². The van der Waals surface area contributed by atoms with E-state index in [0.717, 1.165) is 45.1 Å². The lowest BCUT2D eigenvalue weighted by molar-refractivity contribution is -0.146. The van der Waals surface area contributed by atoms with Crippen molar-refractivity contribution in [2.45, 2.75) is 246 Å². The summed E-state index contributed by atoms with van der Waals surface area (Å²) in [5, 5.41) is 0. The second-order valence-corrected chi connectivity index (χ2v) is 17.9. The third kappa shape index (κ3) is 33.8. The maximum absolute atomic E-state index is 12.5. The van der Waals surface area contributed by atoms with Gasteiger partial charge < -0.3 is 14.2 Å². The SMILES string of the molecule is CCCCCC(CCCCC)CC(=O)OCCCCCCCCCC(CCCCCCCCCOC(=O)CC(CCCCC)CCCCC)CN1CCOCC1. The van der Waals surface area contributed by atoms with Crippen LogP contribution in [0, 0.1) is 17.8 Å². The Hall–Kier alpha value is -1.14. The quantitative estimate of drug-likeness (QED) is 0.0453. The van der Waals surface area contributed by atoms with Gasteiger partial charge in [0.2, 0.25) is 0 Å². The standard InChI is InChI=1S/C50H97NO5/c1-5-9-23-31-46(32-24-10-6-2)43-49(52)55-39-29-21-17-13-15-19-27-35-48(45-51-37-41-54-42-38-51)36-28-20-16-14-18-22-30-40-56-50(53)44-47(33-25-11-7-3)34-26-12-8-4/h46-48H,5-45H2,1-4H3. The zero-order chi connectivity index (χ0) is 40.6. The Labute approximate surface area is 349 Å². The number of unbranched alkanes of at least 4 members (excludes halogenated alkanes) is 20. The van der Waals surface area contributed by atoms with Gasteiger partial charge in [-0.25, -0.2) is 0 Å². The molecule has 0 N–H and O–H groups in total. The van der Waals surface area contributed by atoms with Crippen molar-refractivity contribution >= 4 is 11.9 Å². The van der Waals surface area contributed by atoms with E-state index in [1.807, 2.05) is 0 Å². The maximum Gasteiger partial charge on any atom is 0.306 e. The fourth-order valence-corrected chi connectivity index (χ4v) is 8.70. The van der Waals surface area contributed by atoms with Crippen molar-refractivity contribution in [2.24, 2.45) is 17.8 Å². The molecule has 1 rings (SSSR count). The summed E-state index contributed by atoms with van der Waals surface area (Å²) in [6, 6.07) is 0. The van der Waals surface area contributed by atoms with Gasteiger partial charge in [-0.05, 0) is 69.1 Å². The molecule has 0 saturated carbocycles. The molecule has 0 atom stereocenters. The smallest absolute Gasteiger partial charge is 0.306 e. The van der Waals surface area contributed by atoms with Crippen molar-refractivity contribution in [3.63, 3.8) is 0 Å². The topological polar surface area (TPSA) is 65.1 Å². The minimum absolute atomic E-state index is 0.0373. The van der Waals surface area contributed by atoms with Crippen molar-refractivity contribution in [3.8, 4) is 0 Å². The largest absolute Gasteiger partial charge is 0.466 e. The van der Waals surface area contributed by atoms with Crippen LogP contribution in [0.4, 0.5) is 0 Å². The van der Waals surface area contributed by atoms with Crippen molar-refractivity contribution in [1.82, 2.24) is 4.90 Å². The van der Waals surface area contributed by atoms with Crippen LogP contribution in [0.5, 0.6) is 0 Å². The Bertz CT molecular complexity index is 767. The highest BCUT2D eigenvalue weighted by Gasteiger charge is 2.18. The Morgan fingerprint density at radius 1 is 0.429 bits per heavy atom. The molecule has 332 valence electrons. The molecular formula is C50H97NO5. The van der Waals surface area contributed by atoms with Gasteiger partial charge in [0.05, 0.1) is 26.4 Å². The lowest BCUT2D eigenvalue weighted by atomic mass is 9.92. The van der Waals surface area contributed by atoms with Gasteiger partial charge in [0.25, 0.3) is 0 Å². The molecule has 0 unspecified atom stereocenters. The first-order valence-electron chi connectivity index (χ1n) is 25.1. The fraction of sp³-hybridized carbons (Fsp3) is 0.960. The van der Waals surface area contributed by atoms with Crippen LogP contribution in [0.25, 0.3) is 0 Å². The summed E-state index contributed by atoms with van der Waals surface area (Å²) >= 11 is 0. The van der Waals surface area contributed by atoms with Gasteiger partial charge in [0.15, 0.2) is 0 Å². The molecule has 0 aliphatic carbocycles. The predicted octanol–water partition coefficient (Wildman–Crippen LogP) is 14.6. The van der Waals surface area contributed by atoms with Crippen LogP contribution in [0.1, 0.15) is 246 Å². The molecule has 1 heterocycles. The highest BCUT2D eigenvalue weighted by molar-refractivity contribution is 5.70. The van der Waals surface area contributed by atoms with Crippen LogP contribution >= 0.6 is 0 Å². The minimum atomic E-state index is 0.0373. The lowest BCUT2D eigenvalue weighted by Gasteiger charge is -2.30. The number of carbonyl (C=O) groups is 2. The Morgan fingerprint density at radius 2 is 0.732 bits per heavy atom. The van der Waals surface area contributed by atoms with Crippen LogP contribution in [0.3, 0.4) is 0 Å². The normalized spacial score (nSPS) is 13.7. The van der Waals surface area contributed by atoms with Crippen LogP contribution in [-0.4, -0.2) is 62.9 Å². The molecule has 0 radical (unpaired) electrons. The highest BCUT2D eigenvalue weighted by atomic mass is 16.5. The molecule has 1 aliphatic rings. The summed E-state index contributed by atoms with van der Waals surface area (Å²) in [6.07, 6.45) is 41.3. The van der Waals surface area contributed by atoms with Crippen LogP contribution in [0.2, 0.25) is 0 Å². The number of nitrogens with zero attached hydrogens (tertiary/aromatic N) is 1. The third-order valence-electron chi connectivity index (χ3n) is 12.4. The number of esters is 2. The van der Waals surface area contributed by atoms with Crippen molar-refractivity contribution < 1.29 is 23.8 Å². The van der Waals surface area contributed by atoms with Crippen LogP contribution in [0.15, 0.2) is 0 Å². The number of hydrogen-bond donors (Lipinski definition) is 0. The summed E-state index contributed by atoms with van der Waals surface area (Å²) in [4.78, 5) is 27.7. The number of carbonyl (C=O) groups excluding carboxylic acids is 2. The van der Waals surface area contributed by atoms with Gasteiger partial charge in [-0.1, -0.05) is 182 Å². The molecule has 0 bridgehead atoms. The molecule has 0 aromatic carbocycles. The number of rotatable bonds is 42. The van der Waals surface area contributed by atoms with E-state index in [-0.39, 0.29) is 11.9 Å². The van der Waals surface area contributed by atoms with E-state index in [1.54, 1.807) is 0 Å². The first kappa shape index (κ1) is 52.9. The highest BCUT2D eigenvalue weighted by Crippen LogP contribution is 2.24. The lowest BCUT2D eigenvalue weighted by Crippen LogP contribution is -2.39. The minimum Gasteiger partial charge on any atom is -0.466 e. The van der Waals surface area contributed by atoms with Gasteiger partial charge in [-0.15, -0.1) is 0 Å². The Morgan fingerprint density at radius 3 is 1.09 bits per heavy atom. The summed E-state index contributed by atoms with van der Waals surface area (Å²) in [5.74, 6) is 1.92. The second-order valence-electron chi connectivity index (χ2n) is 17.9. The first-order valence-corrected chi connectivity index (χ1v) is 25.1. The molecule has 0 spiro atoms. The summed E-state index contributed by atoms with van der Waals surface area (Å²) in [6.45, 7) is 15.4. The van der Waals surface area contributed by atoms with E-state index in [2.05, 4.69) is 32.6 Å². The van der Waals surface area contributed by atoms with E-state index < -0.39 is 0 Å². The number of ether oxygens (including phenoxy) is 3. The van der Waals surface area contributed by atoms with Crippen LogP contribution < -0.4 is 0 Å². The molecule has 1 saturated heterocycles. The zero-order valence-electron chi connectivity index (χ0n) is 38.2. The molecular weight excluding hydrogens is 695 g/mol. The monoisotopic (exact) mass is 792 g/mol. The maximum atomic E-state index is 12.5. The number of hydrogen-bond acceptors (Lipinski definition) is 6. The second kappa shape index (κ2) is 40.6. The van der Waals surface area contributed by atoms with E-state index in [9.17, 15) is 9.59 Å². The molecule has 1 aliphatic heterocycles. The van der Waals surface area contributed by atoms with E-state index in [0.29, 0.717) is 37.9 Å². The average molecular weight is 792 g/mol. The van der Waals surface area contributed by atoms with Gasteiger partial charge in [0.1, 0.15) is 0 Å². The molecule has 56 heavy (non-hydrogen) atoms. The molecule has 0 aromatic rings. The number of morpholine rings is 1. The predicted molar refractivity (Wildman–Crippen MR) is 239 cm³/mol. The van der Waals surface area contributed by atoms with E-state index in [1.165, 1.54) is 199 Å². The van der Waals surface area contributed by atoms with Gasteiger partial charge in [0, 0.05) is 32.5 Å². The molecule has 6 heteroatoms.